The highest BCUT2D eigenvalue weighted by Crippen LogP contribution is 2.30. The first kappa shape index (κ1) is 22.3. The molecule has 0 aliphatic heterocycles. The lowest BCUT2D eigenvalue weighted by molar-refractivity contribution is -0.116. The normalized spacial score (nSPS) is 11.1. The molecule has 0 fully saturated rings. The zero-order valence-corrected chi connectivity index (χ0v) is 19.9. The van der Waals surface area contributed by atoms with Gasteiger partial charge in [-0.1, -0.05) is 35.2 Å². The average Bonchev–Trinajstić information content (AvgIpc) is 3.46. The predicted molar refractivity (Wildman–Crippen MR) is 132 cm³/mol. The summed E-state index contributed by atoms with van der Waals surface area (Å²) in [6.45, 7) is 8.68. The number of nitrogens with zero attached hydrogens (tertiary/aromatic N) is 5. The van der Waals surface area contributed by atoms with Crippen molar-refractivity contribution in [3.8, 4) is 11.5 Å². The van der Waals surface area contributed by atoms with Gasteiger partial charge in [-0.15, -0.1) is 10.2 Å². The third kappa shape index (κ3) is 4.78. The fourth-order valence-corrected chi connectivity index (χ4v) is 5.07. The third-order valence-corrected chi connectivity index (χ3v) is 6.96. The number of hydrogen-bond acceptors (Lipinski definition) is 8. The first-order valence-electron chi connectivity index (χ1n) is 10.6. The highest BCUT2D eigenvalue weighted by atomic mass is 32.2. The number of hydrogen-bond donors (Lipinski definition) is 0. The molecule has 2 heterocycles. The highest BCUT2D eigenvalue weighted by molar-refractivity contribution is 7.99. The maximum Gasteiger partial charge on any atom is 0.277 e. The molecule has 1 amide bonds. The average molecular weight is 468 g/mol. The van der Waals surface area contributed by atoms with Crippen molar-refractivity contribution in [2.75, 3.05) is 35.2 Å². The molecule has 0 radical (unpaired) electrons. The van der Waals surface area contributed by atoms with Crippen LogP contribution in [0.2, 0.25) is 0 Å². The molecule has 2 aromatic carbocycles. The van der Waals surface area contributed by atoms with Crippen molar-refractivity contribution in [1.29, 1.82) is 0 Å². The second-order valence-corrected chi connectivity index (χ2v) is 8.92. The van der Waals surface area contributed by atoms with E-state index in [4.69, 9.17) is 4.42 Å². The number of para-hydroxylation sites is 1. The van der Waals surface area contributed by atoms with Gasteiger partial charge in [0.2, 0.25) is 11.8 Å². The van der Waals surface area contributed by atoms with Crippen molar-refractivity contribution in [2.24, 2.45) is 0 Å². The second-order valence-electron chi connectivity index (χ2n) is 6.98. The van der Waals surface area contributed by atoms with Gasteiger partial charge in [0, 0.05) is 30.9 Å². The number of amides is 1. The van der Waals surface area contributed by atoms with E-state index in [0.717, 1.165) is 34.6 Å². The Balaban J connectivity index is 1.40. The number of rotatable bonds is 9. The topological polar surface area (TPSA) is 75.4 Å². The second kappa shape index (κ2) is 10.1. The van der Waals surface area contributed by atoms with E-state index >= 15 is 0 Å². The molecule has 0 aliphatic carbocycles. The molecule has 0 saturated heterocycles. The number of carbonyl (C=O) groups excluding carboxylic acids is 1. The van der Waals surface area contributed by atoms with Gasteiger partial charge in [0.25, 0.3) is 5.22 Å². The van der Waals surface area contributed by atoms with Crippen LogP contribution in [0.4, 0.5) is 10.8 Å². The maximum atomic E-state index is 12.8. The van der Waals surface area contributed by atoms with Crippen LogP contribution in [0.15, 0.2) is 58.2 Å². The molecule has 4 aromatic rings. The van der Waals surface area contributed by atoms with Crippen LogP contribution in [0.25, 0.3) is 21.7 Å². The fourth-order valence-electron chi connectivity index (χ4n) is 3.38. The molecule has 32 heavy (non-hydrogen) atoms. The monoisotopic (exact) mass is 467 g/mol. The van der Waals surface area contributed by atoms with Gasteiger partial charge >= 0.3 is 0 Å². The van der Waals surface area contributed by atoms with Gasteiger partial charge in [-0.3, -0.25) is 9.69 Å². The van der Waals surface area contributed by atoms with E-state index in [0.29, 0.717) is 22.8 Å². The lowest BCUT2D eigenvalue weighted by Crippen LogP contribution is -2.32. The lowest BCUT2D eigenvalue weighted by Gasteiger charge is -2.20. The van der Waals surface area contributed by atoms with Gasteiger partial charge in [-0.2, -0.15) is 0 Å². The Morgan fingerprint density at radius 2 is 1.75 bits per heavy atom. The highest BCUT2D eigenvalue weighted by Gasteiger charge is 2.20. The van der Waals surface area contributed by atoms with Crippen LogP contribution < -0.4 is 9.80 Å². The van der Waals surface area contributed by atoms with Crippen LogP contribution in [0.3, 0.4) is 0 Å². The van der Waals surface area contributed by atoms with Crippen LogP contribution in [0.5, 0.6) is 0 Å². The zero-order valence-electron chi connectivity index (χ0n) is 18.3. The van der Waals surface area contributed by atoms with Gasteiger partial charge in [-0.05, 0) is 57.2 Å². The van der Waals surface area contributed by atoms with Crippen molar-refractivity contribution >= 4 is 50.0 Å². The Bertz CT molecular complexity index is 1150. The molecule has 7 nitrogen and oxygen atoms in total. The Morgan fingerprint density at radius 3 is 2.44 bits per heavy atom. The van der Waals surface area contributed by atoms with Crippen molar-refractivity contribution in [2.45, 2.75) is 26.0 Å². The van der Waals surface area contributed by atoms with Gasteiger partial charge in [0.1, 0.15) is 0 Å². The summed E-state index contributed by atoms with van der Waals surface area (Å²) >= 11 is 2.76. The van der Waals surface area contributed by atoms with Crippen LogP contribution >= 0.6 is 23.1 Å². The SMILES string of the molecule is CCN(CC)c1ccc(-c2nnc(SCC(=O)N(CC)c3nc4ccccc4s3)o2)cc1. The molecule has 0 bridgehead atoms. The number of anilines is 2. The van der Waals surface area contributed by atoms with E-state index in [1.165, 1.54) is 23.1 Å². The van der Waals surface area contributed by atoms with E-state index in [9.17, 15) is 4.79 Å². The van der Waals surface area contributed by atoms with E-state index in [1.54, 1.807) is 4.90 Å². The number of benzene rings is 2. The minimum Gasteiger partial charge on any atom is -0.411 e. The van der Waals surface area contributed by atoms with Gasteiger partial charge in [0.05, 0.1) is 16.0 Å². The van der Waals surface area contributed by atoms with Crippen LogP contribution in [-0.4, -0.2) is 46.5 Å². The van der Waals surface area contributed by atoms with Gasteiger partial charge in [-0.25, -0.2) is 4.98 Å². The van der Waals surface area contributed by atoms with Gasteiger partial charge < -0.3 is 9.32 Å². The maximum absolute atomic E-state index is 12.8. The smallest absolute Gasteiger partial charge is 0.277 e. The molecule has 166 valence electrons. The zero-order chi connectivity index (χ0) is 22.5. The van der Waals surface area contributed by atoms with E-state index in [2.05, 4.69) is 46.1 Å². The molecule has 0 N–H and O–H groups in total. The number of aromatic nitrogens is 3. The Morgan fingerprint density at radius 1 is 1.00 bits per heavy atom. The minimum atomic E-state index is -0.0418. The van der Waals surface area contributed by atoms with Crippen molar-refractivity contribution < 1.29 is 9.21 Å². The summed E-state index contributed by atoms with van der Waals surface area (Å²) in [6.07, 6.45) is 0. The van der Waals surface area contributed by atoms with Crippen molar-refractivity contribution in [3.05, 3.63) is 48.5 Å². The van der Waals surface area contributed by atoms with Crippen LogP contribution in [0, 0.1) is 0 Å². The summed E-state index contributed by atoms with van der Waals surface area (Å²) in [7, 11) is 0. The van der Waals surface area contributed by atoms with E-state index < -0.39 is 0 Å². The molecule has 0 unspecified atom stereocenters. The molecule has 0 saturated carbocycles. The summed E-state index contributed by atoms with van der Waals surface area (Å²) < 4.78 is 6.85. The van der Waals surface area contributed by atoms with Crippen molar-refractivity contribution in [1.82, 2.24) is 15.2 Å². The molecule has 0 aliphatic rings. The summed E-state index contributed by atoms with van der Waals surface area (Å²) in [4.78, 5) is 21.4. The Labute approximate surface area is 195 Å². The molecule has 9 heteroatoms. The molecule has 0 atom stereocenters. The summed E-state index contributed by atoms with van der Waals surface area (Å²) in [5, 5.41) is 9.33. The molecule has 0 spiro atoms. The Hall–Kier alpha value is -2.91. The number of thioether (sulfide) groups is 1. The first-order chi connectivity index (χ1) is 15.6. The van der Waals surface area contributed by atoms with Crippen LogP contribution in [-0.2, 0) is 4.79 Å². The number of carbonyl (C=O) groups is 1. The quantitative estimate of drug-likeness (QED) is 0.308. The number of thiazole rings is 1. The largest absolute Gasteiger partial charge is 0.411 e. The first-order valence-corrected chi connectivity index (χ1v) is 12.4. The summed E-state index contributed by atoms with van der Waals surface area (Å²) in [6, 6.07) is 16.0. The molecular weight excluding hydrogens is 442 g/mol. The van der Waals surface area contributed by atoms with E-state index in [-0.39, 0.29) is 11.7 Å². The van der Waals surface area contributed by atoms with E-state index in [1.807, 2.05) is 43.3 Å². The Kier molecular flexibility index (Phi) is 7.06. The summed E-state index contributed by atoms with van der Waals surface area (Å²) in [5.74, 6) is 0.608. The fraction of sp³-hybridized carbons (Fsp3) is 0.304. The number of fused-ring (bicyclic) bond motifs is 1. The van der Waals surface area contributed by atoms with Crippen LogP contribution in [0.1, 0.15) is 20.8 Å². The molecular formula is C23H25N5O2S2. The van der Waals surface area contributed by atoms with Crippen molar-refractivity contribution in [3.63, 3.8) is 0 Å². The molecule has 2 aromatic heterocycles. The minimum absolute atomic E-state index is 0.0418. The van der Waals surface area contributed by atoms with Gasteiger partial charge in [0.15, 0.2) is 5.13 Å². The standard InChI is InChI=1S/C23H25N5O2S2/c1-4-27(5-2)17-13-11-16(12-14-17)21-25-26-23(30-21)31-15-20(29)28(6-3)22-24-18-9-7-8-10-19(18)32-22/h7-14H,4-6,15H2,1-3H3. The predicted octanol–water partition coefficient (Wildman–Crippen LogP) is 5.34. The summed E-state index contributed by atoms with van der Waals surface area (Å²) in [5.41, 5.74) is 2.92. The lowest BCUT2D eigenvalue weighted by atomic mass is 10.2. The third-order valence-electron chi connectivity index (χ3n) is 5.10. The molecule has 4 rings (SSSR count).